The van der Waals surface area contributed by atoms with Gasteiger partial charge in [-0.3, -0.25) is 9.59 Å². The Morgan fingerprint density at radius 1 is 0.710 bits per heavy atom. The predicted molar refractivity (Wildman–Crippen MR) is 115 cm³/mol. The van der Waals surface area contributed by atoms with Crippen LogP contribution in [0.25, 0.3) is 0 Å². The van der Waals surface area contributed by atoms with Crippen LogP contribution in [0.15, 0.2) is 60.7 Å². The number of amides is 2. The second-order valence-corrected chi connectivity index (χ2v) is 7.44. The fraction of sp³-hybridized carbons (Fsp3) is 0.0476. The van der Waals surface area contributed by atoms with Gasteiger partial charge in [-0.2, -0.15) is 13.2 Å². The van der Waals surface area contributed by atoms with Crippen LogP contribution < -0.4 is 10.6 Å². The maximum absolute atomic E-state index is 13.4. The molecule has 160 valence electrons. The molecule has 0 heterocycles. The van der Waals surface area contributed by atoms with Gasteiger partial charge in [-0.05, 0) is 36.4 Å². The van der Waals surface area contributed by atoms with E-state index < -0.39 is 23.6 Å². The van der Waals surface area contributed by atoms with Crippen molar-refractivity contribution in [3.05, 3.63) is 92.4 Å². The number of alkyl halides is 3. The summed E-state index contributed by atoms with van der Waals surface area (Å²) in [6, 6.07) is 13.3. The first kappa shape index (κ1) is 22.9. The van der Waals surface area contributed by atoms with E-state index in [-0.39, 0.29) is 37.6 Å². The maximum Gasteiger partial charge on any atom is 0.416 e. The van der Waals surface area contributed by atoms with Crippen molar-refractivity contribution in [1.82, 2.24) is 0 Å². The van der Waals surface area contributed by atoms with E-state index in [1.807, 2.05) is 0 Å². The number of nitrogens with one attached hydrogen (secondary N) is 2. The van der Waals surface area contributed by atoms with Crippen LogP contribution in [0, 0.1) is 0 Å². The van der Waals surface area contributed by atoms with Crippen LogP contribution >= 0.6 is 34.8 Å². The first-order valence-electron chi connectivity index (χ1n) is 8.60. The van der Waals surface area contributed by atoms with E-state index in [2.05, 4.69) is 10.6 Å². The molecular formula is C21H12Cl3F3N2O2. The molecule has 2 N–H and O–H groups in total. The second-order valence-electron chi connectivity index (χ2n) is 6.25. The maximum atomic E-state index is 13.4. The molecule has 0 unspecified atom stereocenters. The van der Waals surface area contributed by atoms with Gasteiger partial charge in [0.15, 0.2) is 0 Å². The van der Waals surface area contributed by atoms with Crippen LogP contribution in [0.1, 0.15) is 26.3 Å². The van der Waals surface area contributed by atoms with Gasteiger partial charge in [0.1, 0.15) is 0 Å². The summed E-state index contributed by atoms with van der Waals surface area (Å²) < 4.78 is 40.3. The zero-order valence-corrected chi connectivity index (χ0v) is 17.6. The van der Waals surface area contributed by atoms with Crippen LogP contribution in [0.3, 0.4) is 0 Å². The van der Waals surface area contributed by atoms with Crippen molar-refractivity contribution < 1.29 is 22.8 Å². The van der Waals surface area contributed by atoms with E-state index >= 15 is 0 Å². The Kier molecular flexibility index (Phi) is 6.79. The molecule has 0 aliphatic rings. The van der Waals surface area contributed by atoms with Crippen LogP contribution in [0.4, 0.5) is 24.5 Å². The highest BCUT2D eigenvalue weighted by atomic mass is 35.5. The number of halogens is 6. The molecule has 0 aromatic heterocycles. The Labute approximate surface area is 189 Å². The van der Waals surface area contributed by atoms with Crippen LogP contribution in [0.5, 0.6) is 0 Å². The molecular weight excluding hydrogens is 476 g/mol. The highest BCUT2D eigenvalue weighted by Gasteiger charge is 2.33. The molecule has 0 bridgehead atoms. The molecule has 3 rings (SSSR count). The second kappa shape index (κ2) is 9.18. The zero-order valence-electron chi connectivity index (χ0n) is 15.4. The largest absolute Gasteiger partial charge is 0.416 e. The minimum absolute atomic E-state index is 0.0410. The van der Waals surface area contributed by atoms with Crippen molar-refractivity contribution in [2.75, 3.05) is 10.6 Å². The molecule has 3 aromatic carbocycles. The summed E-state index contributed by atoms with van der Waals surface area (Å²) >= 11 is 18.1. The number of carbonyl (C=O) groups excluding carboxylic acids is 2. The average Bonchev–Trinajstić information content (AvgIpc) is 2.70. The predicted octanol–water partition coefficient (Wildman–Crippen LogP) is 7.17. The minimum Gasteiger partial charge on any atom is -0.321 e. The molecule has 0 fully saturated rings. The van der Waals surface area contributed by atoms with E-state index in [9.17, 15) is 22.8 Å². The van der Waals surface area contributed by atoms with Gasteiger partial charge in [0, 0.05) is 0 Å². The summed E-state index contributed by atoms with van der Waals surface area (Å²) in [7, 11) is 0. The van der Waals surface area contributed by atoms with Crippen LogP contribution in [-0.4, -0.2) is 11.8 Å². The summed E-state index contributed by atoms with van der Waals surface area (Å²) in [5.41, 5.74) is -1.74. The van der Waals surface area contributed by atoms with Gasteiger partial charge in [-0.1, -0.05) is 59.1 Å². The van der Waals surface area contributed by atoms with Crippen molar-refractivity contribution in [3.8, 4) is 0 Å². The SMILES string of the molecule is O=C(Nc1cc(C(F)(F)F)cc(NC(=O)c2ccccc2Cl)c1Cl)c1ccccc1Cl. The van der Waals surface area contributed by atoms with Gasteiger partial charge in [-0.25, -0.2) is 0 Å². The van der Waals surface area contributed by atoms with E-state index in [0.717, 1.165) is 0 Å². The average molecular weight is 488 g/mol. The van der Waals surface area contributed by atoms with Gasteiger partial charge < -0.3 is 10.6 Å². The first-order chi connectivity index (χ1) is 14.6. The fourth-order valence-corrected chi connectivity index (χ4v) is 3.29. The Morgan fingerprint density at radius 3 is 1.45 bits per heavy atom. The minimum atomic E-state index is -4.77. The molecule has 31 heavy (non-hydrogen) atoms. The van der Waals surface area contributed by atoms with Crippen molar-refractivity contribution in [2.45, 2.75) is 6.18 Å². The summed E-state index contributed by atoms with van der Waals surface area (Å²) in [4.78, 5) is 25.0. The number of benzene rings is 3. The number of hydrogen-bond acceptors (Lipinski definition) is 2. The molecule has 4 nitrogen and oxygen atoms in total. The lowest BCUT2D eigenvalue weighted by molar-refractivity contribution is -0.137. The van der Waals surface area contributed by atoms with Gasteiger partial charge in [0.25, 0.3) is 11.8 Å². The normalized spacial score (nSPS) is 11.2. The molecule has 0 aliphatic heterocycles. The van der Waals surface area contributed by atoms with Crippen molar-refractivity contribution in [3.63, 3.8) is 0 Å². The summed E-state index contributed by atoms with van der Waals surface area (Å²) in [5.74, 6) is -1.54. The molecule has 0 atom stereocenters. The number of carbonyl (C=O) groups is 2. The zero-order chi connectivity index (χ0) is 22.8. The molecule has 10 heteroatoms. The van der Waals surface area contributed by atoms with Gasteiger partial charge in [-0.15, -0.1) is 0 Å². The summed E-state index contributed by atoms with van der Waals surface area (Å²) in [6.07, 6.45) is -4.77. The molecule has 0 saturated heterocycles. The third kappa shape index (κ3) is 5.31. The van der Waals surface area contributed by atoms with E-state index in [1.165, 1.54) is 24.3 Å². The fourth-order valence-electron chi connectivity index (χ4n) is 2.64. The molecule has 0 spiro atoms. The lowest BCUT2D eigenvalue weighted by Gasteiger charge is -2.17. The first-order valence-corrected chi connectivity index (χ1v) is 9.74. The summed E-state index contributed by atoms with van der Waals surface area (Å²) in [5, 5.41) is 4.54. The third-order valence-corrected chi connectivity index (χ3v) is 5.20. The van der Waals surface area contributed by atoms with Gasteiger partial charge in [0.05, 0.1) is 43.1 Å². The van der Waals surface area contributed by atoms with E-state index in [1.54, 1.807) is 24.3 Å². The van der Waals surface area contributed by atoms with E-state index in [0.29, 0.717) is 12.1 Å². The van der Waals surface area contributed by atoms with Crippen LogP contribution in [0.2, 0.25) is 15.1 Å². The van der Waals surface area contributed by atoms with Gasteiger partial charge in [0.2, 0.25) is 0 Å². The lowest BCUT2D eigenvalue weighted by Crippen LogP contribution is -2.17. The van der Waals surface area contributed by atoms with Gasteiger partial charge >= 0.3 is 6.18 Å². The number of hydrogen-bond donors (Lipinski definition) is 2. The lowest BCUT2D eigenvalue weighted by atomic mass is 10.1. The van der Waals surface area contributed by atoms with Crippen molar-refractivity contribution in [2.24, 2.45) is 0 Å². The Bertz CT molecular complexity index is 1090. The Morgan fingerprint density at radius 2 is 1.10 bits per heavy atom. The summed E-state index contributed by atoms with van der Waals surface area (Å²) in [6.45, 7) is 0. The molecule has 0 radical (unpaired) electrons. The standard InChI is InChI=1S/C21H12Cl3F3N2O2/c22-14-7-3-1-5-12(14)19(30)28-16-9-11(21(25,26)27)10-17(18(16)24)29-20(31)13-6-2-4-8-15(13)23/h1-10H,(H,28,30)(H,29,31). The number of anilines is 2. The Balaban J connectivity index is 2.00. The smallest absolute Gasteiger partial charge is 0.321 e. The van der Waals surface area contributed by atoms with Crippen LogP contribution in [-0.2, 0) is 6.18 Å². The molecule has 0 aliphatic carbocycles. The molecule has 0 saturated carbocycles. The number of rotatable bonds is 4. The highest BCUT2D eigenvalue weighted by Crippen LogP contribution is 2.39. The third-order valence-electron chi connectivity index (χ3n) is 4.13. The van der Waals surface area contributed by atoms with Crippen molar-refractivity contribution in [1.29, 1.82) is 0 Å². The monoisotopic (exact) mass is 486 g/mol. The molecule has 2 amide bonds. The topological polar surface area (TPSA) is 58.2 Å². The van der Waals surface area contributed by atoms with Crippen molar-refractivity contribution >= 4 is 58.0 Å². The van der Waals surface area contributed by atoms with E-state index in [4.69, 9.17) is 34.8 Å². The quantitative estimate of drug-likeness (QED) is 0.410. The molecule has 3 aromatic rings. The highest BCUT2D eigenvalue weighted by molar-refractivity contribution is 6.38. The Hall–Kier alpha value is -2.74.